The molecule has 1 saturated carbocycles. The highest BCUT2D eigenvalue weighted by molar-refractivity contribution is 9.10. The Labute approximate surface area is 148 Å². The molecule has 3 rings (SSSR count). The number of hydrogen-bond acceptors (Lipinski definition) is 3. The zero-order valence-corrected chi connectivity index (χ0v) is 14.7. The molecular formula is C18H17BrN2O3. The quantitative estimate of drug-likeness (QED) is 0.821. The molecule has 124 valence electrons. The number of methoxy groups -OCH3 is 1. The average Bonchev–Trinajstić information content (AvgIpc) is 3.39. The maximum absolute atomic E-state index is 12.3. The summed E-state index contributed by atoms with van der Waals surface area (Å²) >= 11 is 3.36. The molecule has 0 aromatic heterocycles. The molecule has 2 aromatic carbocycles. The molecule has 0 bridgehead atoms. The molecule has 6 heteroatoms. The highest BCUT2D eigenvalue weighted by Gasteiger charge is 2.23. The van der Waals surface area contributed by atoms with Crippen molar-refractivity contribution in [1.82, 2.24) is 5.32 Å². The van der Waals surface area contributed by atoms with Crippen LogP contribution in [0.2, 0.25) is 0 Å². The summed E-state index contributed by atoms with van der Waals surface area (Å²) in [4.78, 5) is 24.2. The van der Waals surface area contributed by atoms with Gasteiger partial charge in [-0.25, -0.2) is 0 Å². The lowest BCUT2D eigenvalue weighted by molar-refractivity contribution is 0.0950. The van der Waals surface area contributed by atoms with Crippen LogP contribution in [0.3, 0.4) is 0 Å². The van der Waals surface area contributed by atoms with Crippen LogP contribution in [0.15, 0.2) is 46.9 Å². The fourth-order valence-electron chi connectivity index (χ4n) is 2.21. The molecule has 0 spiro atoms. The van der Waals surface area contributed by atoms with E-state index in [2.05, 4.69) is 26.6 Å². The smallest absolute Gasteiger partial charge is 0.255 e. The second-order valence-corrected chi connectivity index (χ2v) is 6.48. The number of anilines is 1. The van der Waals surface area contributed by atoms with Gasteiger partial charge in [-0.3, -0.25) is 9.59 Å². The van der Waals surface area contributed by atoms with E-state index < -0.39 is 0 Å². The van der Waals surface area contributed by atoms with Crippen molar-refractivity contribution in [3.8, 4) is 5.75 Å². The van der Waals surface area contributed by atoms with E-state index in [9.17, 15) is 9.59 Å². The van der Waals surface area contributed by atoms with Gasteiger partial charge in [0.1, 0.15) is 5.75 Å². The van der Waals surface area contributed by atoms with Crippen LogP contribution < -0.4 is 15.4 Å². The summed E-state index contributed by atoms with van der Waals surface area (Å²) in [6, 6.07) is 12.3. The molecular weight excluding hydrogens is 372 g/mol. The number of nitrogens with one attached hydrogen (secondary N) is 2. The summed E-state index contributed by atoms with van der Waals surface area (Å²) in [6.45, 7) is 0. The monoisotopic (exact) mass is 388 g/mol. The Bertz CT molecular complexity index is 770. The third-order valence-electron chi connectivity index (χ3n) is 3.73. The molecule has 0 radical (unpaired) electrons. The van der Waals surface area contributed by atoms with Crippen LogP contribution in [0.1, 0.15) is 33.6 Å². The third kappa shape index (κ3) is 3.94. The lowest BCUT2D eigenvalue weighted by Gasteiger charge is -2.09. The van der Waals surface area contributed by atoms with Crippen molar-refractivity contribution in [3.63, 3.8) is 0 Å². The van der Waals surface area contributed by atoms with Crippen molar-refractivity contribution in [2.24, 2.45) is 0 Å². The first kappa shape index (κ1) is 16.5. The largest absolute Gasteiger partial charge is 0.496 e. The first-order valence-corrected chi connectivity index (χ1v) is 8.42. The molecule has 2 amide bonds. The van der Waals surface area contributed by atoms with Crippen LogP contribution in [0.5, 0.6) is 5.75 Å². The molecule has 0 heterocycles. The van der Waals surface area contributed by atoms with Gasteiger partial charge < -0.3 is 15.4 Å². The van der Waals surface area contributed by atoms with Crippen LogP contribution in [-0.2, 0) is 0 Å². The maximum Gasteiger partial charge on any atom is 0.255 e. The van der Waals surface area contributed by atoms with Crippen LogP contribution in [0.25, 0.3) is 0 Å². The van der Waals surface area contributed by atoms with E-state index in [1.165, 1.54) is 0 Å². The number of benzene rings is 2. The van der Waals surface area contributed by atoms with E-state index in [4.69, 9.17) is 4.74 Å². The number of carbonyl (C=O) groups is 2. The highest BCUT2D eigenvalue weighted by atomic mass is 79.9. The van der Waals surface area contributed by atoms with Gasteiger partial charge in [0, 0.05) is 22.9 Å². The number of rotatable bonds is 5. The molecule has 24 heavy (non-hydrogen) atoms. The minimum Gasteiger partial charge on any atom is -0.496 e. The summed E-state index contributed by atoms with van der Waals surface area (Å²) in [5.74, 6) is 0.362. The van der Waals surface area contributed by atoms with Gasteiger partial charge in [-0.1, -0.05) is 0 Å². The van der Waals surface area contributed by atoms with E-state index in [0.29, 0.717) is 33.1 Å². The topological polar surface area (TPSA) is 67.4 Å². The molecule has 1 fully saturated rings. The van der Waals surface area contributed by atoms with Crippen LogP contribution >= 0.6 is 15.9 Å². The Hall–Kier alpha value is -2.34. The normalized spacial score (nSPS) is 13.2. The van der Waals surface area contributed by atoms with Crippen LogP contribution in [0, 0.1) is 0 Å². The molecule has 2 aromatic rings. The van der Waals surface area contributed by atoms with E-state index in [-0.39, 0.29) is 11.8 Å². The number of amides is 2. The van der Waals surface area contributed by atoms with E-state index in [1.54, 1.807) is 49.6 Å². The molecule has 1 aliphatic rings. The zero-order chi connectivity index (χ0) is 17.1. The third-order valence-corrected chi connectivity index (χ3v) is 4.35. The molecule has 0 atom stereocenters. The summed E-state index contributed by atoms with van der Waals surface area (Å²) in [6.07, 6.45) is 2.11. The van der Waals surface area contributed by atoms with Crippen LogP contribution in [0.4, 0.5) is 5.69 Å². The van der Waals surface area contributed by atoms with Gasteiger partial charge in [-0.2, -0.15) is 0 Å². The first-order chi connectivity index (χ1) is 11.6. The predicted molar refractivity (Wildman–Crippen MR) is 95.6 cm³/mol. The van der Waals surface area contributed by atoms with Gasteiger partial charge >= 0.3 is 0 Å². The Morgan fingerprint density at radius 1 is 1.04 bits per heavy atom. The minimum absolute atomic E-state index is 0.0746. The Morgan fingerprint density at radius 3 is 2.29 bits per heavy atom. The number of halogens is 1. The van der Waals surface area contributed by atoms with E-state index in [1.807, 2.05) is 0 Å². The summed E-state index contributed by atoms with van der Waals surface area (Å²) in [5.41, 5.74) is 1.74. The molecule has 2 N–H and O–H groups in total. The average molecular weight is 389 g/mol. The SMILES string of the molecule is COc1ccc(C(=O)Nc2ccc(C(=O)NC3CC3)cc2)cc1Br. The van der Waals surface area contributed by atoms with Gasteiger partial charge in [0.05, 0.1) is 11.6 Å². The van der Waals surface area contributed by atoms with E-state index >= 15 is 0 Å². The second-order valence-electron chi connectivity index (χ2n) is 5.63. The lowest BCUT2D eigenvalue weighted by Crippen LogP contribution is -2.25. The summed E-state index contributed by atoms with van der Waals surface area (Å²) in [5, 5.41) is 5.74. The van der Waals surface area contributed by atoms with Crippen molar-refractivity contribution in [3.05, 3.63) is 58.1 Å². The zero-order valence-electron chi connectivity index (χ0n) is 13.1. The number of ether oxygens (including phenoxy) is 1. The van der Waals surface area contributed by atoms with Gasteiger partial charge in [0.15, 0.2) is 0 Å². The lowest BCUT2D eigenvalue weighted by atomic mass is 10.1. The van der Waals surface area contributed by atoms with Crippen molar-refractivity contribution >= 4 is 33.4 Å². The highest BCUT2D eigenvalue weighted by Crippen LogP contribution is 2.26. The van der Waals surface area contributed by atoms with Crippen LogP contribution in [-0.4, -0.2) is 25.0 Å². The van der Waals surface area contributed by atoms with E-state index in [0.717, 1.165) is 12.8 Å². The second kappa shape index (κ2) is 7.05. The molecule has 5 nitrogen and oxygen atoms in total. The standard InChI is InChI=1S/C18H17BrN2O3/c1-24-16-9-4-12(10-15(16)19)18(23)21-13-5-2-11(3-6-13)17(22)20-14-7-8-14/h2-6,9-10,14H,7-8H2,1H3,(H,20,22)(H,21,23). The predicted octanol–water partition coefficient (Wildman–Crippen LogP) is 3.60. The van der Waals surface area contributed by atoms with Gasteiger partial charge in [-0.15, -0.1) is 0 Å². The van der Waals surface area contributed by atoms with Crippen molar-refractivity contribution in [2.75, 3.05) is 12.4 Å². The van der Waals surface area contributed by atoms with Crippen molar-refractivity contribution in [2.45, 2.75) is 18.9 Å². The summed E-state index contributed by atoms with van der Waals surface area (Å²) < 4.78 is 5.86. The van der Waals surface area contributed by atoms with Crippen molar-refractivity contribution in [1.29, 1.82) is 0 Å². The van der Waals surface area contributed by atoms with Gasteiger partial charge in [0.2, 0.25) is 0 Å². The summed E-state index contributed by atoms with van der Waals surface area (Å²) in [7, 11) is 1.57. The molecule has 0 saturated heterocycles. The molecule has 1 aliphatic carbocycles. The molecule has 0 aliphatic heterocycles. The minimum atomic E-state index is -0.228. The first-order valence-electron chi connectivity index (χ1n) is 7.62. The number of hydrogen-bond donors (Lipinski definition) is 2. The fourth-order valence-corrected chi connectivity index (χ4v) is 2.75. The van der Waals surface area contributed by atoms with Gasteiger partial charge in [0.25, 0.3) is 11.8 Å². The number of carbonyl (C=O) groups excluding carboxylic acids is 2. The Kier molecular flexibility index (Phi) is 4.85. The van der Waals surface area contributed by atoms with Gasteiger partial charge in [-0.05, 0) is 71.2 Å². The fraction of sp³-hybridized carbons (Fsp3) is 0.222. The molecule has 0 unspecified atom stereocenters. The maximum atomic E-state index is 12.3. The van der Waals surface area contributed by atoms with Crippen molar-refractivity contribution < 1.29 is 14.3 Å². The Morgan fingerprint density at radius 2 is 1.71 bits per heavy atom. The Balaban J connectivity index is 1.65.